The Hall–Kier alpha value is -3.36. The first-order valence-corrected chi connectivity index (χ1v) is 11.4. The van der Waals surface area contributed by atoms with Gasteiger partial charge in [0, 0.05) is 13.1 Å². The van der Waals surface area contributed by atoms with Crippen LogP contribution in [0.15, 0.2) is 41.3 Å². The molecule has 0 unspecified atom stereocenters. The molecule has 184 valence electrons. The predicted octanol–water partition coefficient (Wildman–Crippen LogP) is 5.59. The zero-order chi connectivity index (χ0) is 25.4. The van der Waals surface area contributed by atoms with Crippen molar-refractivity contribution < 1.29 is 31.9 Å². The first kappa shape index (κ1) is 26.2. The highest BCUT2D eigenvalue weighted by atomic mass is 32.2. The molecule has 0 radical (unpaired) electrons. The quantitative estimate of drug-likeness (QED) is 0.285. The number of ether oxygens (including phenoxy) is 1. The van der Waals surface area contributed by atoms with Crippen LogP contribution in [0.3, 0.4) is 0 Å². The van der Waals surface area contributed by atoms with Crippen LogP contribution in [-0.2, 0) is 11.0 Å². The average molecular weight is 508 g/mol. The van der Waals surface area contributed by atoms with Gasteiger partial charge in [-0.2, -0.15) is 18.4 Å². The van der Waals surface area contributed by atoms with Crippen molar-refractivity contribution in [3.8, 4) is 17.6 Å². The number of carbonyl (C=O) groups excluding carboxylic acids is 2. The van der Waals surface area contributed by atoms with Crippen LogP contribution in [0, 0.1) is 17.1 Å². The molecule has 0 bridgehead atoms. The minimum absolute atomic E-state index is 0.0307. The summed E-state index contributed by atoms with van der Waals surface area (Å²) in [5.74, 6) is -2.10. The molecular weight excluding hydrogens is 486 g/mol. The van der Waals surface area contributed by atoms with Gasteiger partial charge in [0.1, 0.15) is 5.75 Å². The molecule has 2 aromatic carbocycles. The van der Waals surface area contributed by atoms with Crippen LogP contribution in [0.1, 0.15) is 29.5 Å². The zero-order valence-electron chi connectivity index (χ0n) is 18.4. The zero-order valence-corrected chi connectivity index (χ0v) is 19.2. The van der Waals surface area contributed by atoms with E-state index in [0.29, 0.717) is 37.2 Å². The van der Waals surface area contributed by atoms with E-state index >= 15 is 0 Å². The molecule has 0 aromatic heterocycles. The molecule has 0 spiro atoms. The molecule has 2 aromatic rings. The number of amides is 1. The maximum atomic E-state index is 14.6. The molecule has 35 heavy (non-hydrogen) atoms. The molecule has 0 aliphatic carbocycles. The SMILES string of the molecule is N#Cc1ccc(Oc2ccc(/C=C(/C=O)SC(=O)NCCN3CCCC3)cc2F)c(C(F)(F)F)c1. The summed E-state index contributed by atoms with van der Waals surface area (Å²) in [6, 6.07) is 7.73. The number of nitriles is 1. The Balaban J connectivity index is 1.67. The standard InChI is InChI=1S/C24H21F4N3O3S/c25-20-13-16(11-18(15-32)35-23(33)30-7-10-31-8-1-2-9-31)3-6-22(20)34-21-5-4-17(14-29)12-19(21)24(26,27)28/h3-6,11-13,15H,1-2,7-10H2,(H,30,33)/b18-11-. The van der Waals surface area contributed by atoms with E-state index < -0.39 is 34.3 Å². The summed E-state index contributed by atoms with van der Waals surface area (Å²) in [5, 5.41) is 11.1. The van der Waals surface area contributed by atoms with Crippen molar-refractivity contribution in [2.45, 2.75) is 19.0 Å². The van der Waals surface area contributed by atoms with Gasteiger partial charge in [-0.3, -0.25) is 9.59 Å². The highest BCUT2D eigenvalue weighted by Crippen LogP contribution is 2.39. The molecule has 1 saturated heterocycles. The van der Waals surface area contributed by atoms with Crippen LogP contribution >= 0.6 is 11.8 Å². The molecule has 1 N–H and O–H groups in total. The van der Waals surface area contributed by atoms with Crippen LogP contribution in [-0.4, -0.2) is 42.6 Å². The van der Waals surface area contributed by atoms with Gasteiger partial charge in [0.25, 0.3) is 5.24 Å². The van der Waals surface area contributed by atoms with Crippen molar-refractivity contribution in [1.29, 1.82) is 5.26 Å². The van der Waals surface area contributed by atoms with E-state index in [4.69, 9.17) is 10.00 Å². The first-order valence-electron chi connectivity index (χ1n) is 10.6. The van der Waals surface area contributed by atoms with Gasteiger partial charge in [-0.25, -0.2) is 4.39 Å². The number of halogens is 4. The van der Waals surface area contributed by atoms with E-state index in [1.165, 1.54) is 12.1 Å². The van der Waals surface area contributed by atoms with E-state index in [9.17, 15) is 27.2 Å². The summed E-state index contributed by atoms with van der Waals surface area (Å²) in [6.45, 7) is 3.15. The number of alkyl halides is 3. The van der Waals surface area contributed by atoms with Crippen LogP contribution in [0.25, 0.3) is 6.08 Å². The molecule has 1 amide bonds. The molecule has 6 nitrogen and oxygen atoms in total. The van der Waals surface area contributed by atoms with Crippen molar-refractivity contribution in [3.63, 3.8) is 0 Å². The van der Waals surface area contributed by atoms with Crippen molar-refractivity contribution in [1.82, 2.24) is 10.2 Å². The van der Waals surface area contributed by atoms with Gasteiger partial charge in [0.05, 0.1) is 22.1 Å². The molecule has 1 heterocycles. The highest BCUT2D eigenvalue weighted by molar-refractivity contribution is 8.17. The lowest BCUT2D eigenvalue weighted by Gasteiger charge is -2.14. The Bertz CT molecular complexity index is 1160. The number of allylic oxidation sites excluding steroid dienone is 1. The van der Waals surface area contributed by atoms with E-state index in [0.717, 1.165) is 50.2 Å². The van der Waals surface area contributed by atoms with Gasteiger partial charge in [0.2, 0.25) is 0 Å². The third-order valence-corrected chi connectivity index (χ3v) is 5.90. The Morgan fingerprint density at radius 2 is 1.89 bits per heavy atom. The summed E-state index contributed by atoms with van der Waals surface area (Å²) in [4.78, 5) is 25.7. The van der Waals surface area contributed by atoms with Crippen molar-refractivity contribution >= 4 is 29.4 Å². The Labute approximate surface area is 203 Å². The normalized spacial score (nSPS) is 14.4. The summed E-state index contributed by atoms with van der Waals surface area (Å²) in [5.41, 5.74) is -1.22. The Morgan fingerprint density at radius 3 is 2.51 bits per heavy atom. The number of benzene rings is 2. The molecule has 1 fully saturated rings. The molecule has 1 aliphatic rings. The topological polar surface area (TPSA) is 82.4 Å². The monoisotopic (exact) mass is 507 g/mol. The lowest BCUT2D eigenvalue weighted by atomic mass is 10.1. The van der Waals surface area contributed by atoms with Gasteiger partial charge in [0.15, 0.2) is 17.9 Å². The summed E-state index contributed by atoms with van der Waals surface area (Å²) in [7, 11) is 0. The van der Waals surface area contributed by atoms with Crippen molar-refractivity contribution in [2.75, 3.05) is 26.2 Å². The third-order valence-electron chi connectivity index (χ3n) is 5.12. The fourth-order valence-corrected chi connectivity index (χ4v) is 4.07. The molecule has 0 atom stereocenters. The third kappa shape index (κ3) is 7.56. The van der Waals surface area contributed by atoms with Crippen LogP contribution in [0.4, 0.5) is 22.4 Å². The maximum absolute atomic E-state index is 14.6. The lowest BCUT2D eigenvalue weighted by molar-refractivity contribution is -0.138. The van der Waals surface area contributed by atoms with Gasteiger partial charge < -0.3 is 15.0 Å². The molecule has 0 saturated carbocycles. The van der Waals surface area contributed by atoms with Gasteiger partial charge in [-0.15, -0.1) is 0 Å². The van der Waals surface area contributed by atoms with E-state index in [-0.39, 0.29) is 16.0 Å². The second-order valence-electron chi connectivity index (χ2n) is 7.64. The number of rotatable bonds is 8. The minimum Gasteiger partial charge on any atom is -0.454 e. The number of nitrogens with zero attached hydrogens (tertiary/aromatic N) is 2. The van der Waals surface area contributed by atoms with Crippen molar-refractivity contribution in [2.24, 2.45) is 0 Å². The Morgan fingerprint density at radius 1 is 1.17 bits per heavy atom. The molecule has 1 aliphatic heterocycles. The van der Waals surface area contributed by atoms with Crippen molar-refractivity contribution in [3.05, 3.63) is 63.8 Å². The fraction of sp³-hybridized carbons (Fsp3) is 0.292. The number of thioether (sulfide) groups is 1. The summed E-state index contributed by atoms with van der Waals surface area (Å²) < 4.78 is 59.7. The van der Waals surface area contributed by atoms with Crippen LogP contribution in [0.2, 0.25) is 0 Å². The minimum atomic E-state index is -4.81. The van der Waals surface area contributed by atoms with E-state index in [2.05, 4.69) is 10.2 Å². The number of carbonyl (C=O) groups is 2. The number of hydrogen-bond donors (Lipinski definition) is 1. The lowest BCUT2D eigenvalue weighted by Crippen LogP contribution is -2.31. The molecular formula is C24H21F4N3O3S. The predicted molar refractivity (Wildman–Crippen MR) is 123 cm³/mol. The van der Waals surface area contributed by atoms with Gasteiger partial charge in [-0.05, 0) is 79.7 Å². The highest BCUT2D eigenvalue weighted by Gasteiger charge is 2.35. The molecule has 3 rings (SSSR count). The van der Waals surface area contributed by atoms with Gasteiger partial charge >= 0.3 is 6.18 Å². The number of aldehydes is 1. The second kappa shape index (κ2) is 11.9. The molecule has 11 heteroatoms. The first-order chi connectivity index (χ1) is 16.7. The number of likely N-dealkylation sites (tertiary alicyclic amines) is 1. The Kier molecular flexibility index (Phi) is 8.89. The fourth-order valence-electron chi connectivity index (χ4n) is 3.44. The largest absolute Gasteiger partial charge is 0.454 e. The van der Waals surface area contributed by atoms with Crippen LogP contribution in [0.5, 0.6) is 11.5 Å². The van der Waals surface area contributed by atoms with Crippen LogP contribution < -0.4 is 10.1 Å². The average Bonchev–Trinajstić information content (AvgIpc) is 3.33. The summed E-state index contributed by atoms with van der Waals surface area (Å²) in [6.07, 6.45) is -0.796. The second-order valence-corrected chi connectivity index (χ2v) is 8.69. The summed E-state index contributed by atoms with van der Waals surface area (Å²) >= 11 is 0.662. The van der Waals surface area contributed by atoms with E-state index in [1.807, 2.05) is 0 Å². The number of nitrogens with one attached hydrogen (secondary N) is 1. The van der Waals surface area contributed by atoms with Gasteiger partial charge in [-0.1, -0.05) is 6.07 Å². The maximum Gasteiger partial charge on any atom is 0.420 e. The number of hydrogen-bond acceptors (Lipinski definition) is 6. The smallest absolute Gasteiger partial charge is 0.420 e. The van der Waals surface area contributed by atoms with E-state index in [1.54, 1.807) is 6.07 Å².